The number of benzene rings is 3. The van der Waals surface area contributed by atoms with Crippen LogP contribution in [0.3, 0.4) is 0 Å². The van der Waals surface area contributed by atoms with E-state index in [0.717, 1.165) is 6.42 Å². The average molecular weight is 328 g/mol. The Morgan fingerprint density at radius 3 is 1.79 bits per heavy atom. The van der Waals surface area contributed by atoms with E-state index in [2.05, 4.69) is 97.1 Å². The van der Waals surface area contributed by atoms with Crippen LogP contribution in [0.2, 0.25) is 0 Å². The SMILES string of the molecule is C1=C(c2ccccc2)S[C@H](c2ccccc2)C[C@H]1c1ccccc1. The van der Waals surface area contributed by atoms with Crippen molar-refractivity contribution in [1.82, 2.24) is 0 Å². The Hall–Kier alpha value is -2.25. The molecule has 1 aliphatic heterocycles. The minimum Gasteiger partial charge on any atom is -0.118 e. The van der Waals surface area contributed by atoms with Crippen LogP contribution in [0.15, 0.2) is 97.1 Å². The zero-order chi connectivity index (χ0) is 16.2. The van der Waals surface area contributed by atoms with Gasteiger partial charge in [-0.1, -0.05) is 97.1 Å². The lowest BCUT2D eigenvalue weighted by molar-refractivity contribution is 0.720. The maximum atomic E-state index is 2.45. The molecule has 118 valence electrons. The second-order valence-corrected chi connectivity index (χ2v) is 7.41. The molecular formula is C23H20S. The van der Waals surface area contributed by atoms with Crippen LogP contribution >= 0.6 is 11.8 Å². The van der Waals surface area contributed by atoms with Gasteiger partial charge in [-0.3, -0.25) is 0 Å². The Morgan fingerprint density at radius 1 is 0.625 bits per heavy atom. The fourth-order valence-corrected chi connectivity index (χ4v) is 4.71. The maximum absolute atomic E-state index is 2.45. The van der Waals surface area contributed by atoms with Gasteiger partial charge < -0.3 is 0 Å². The summed E-state index contributed by atoms with van der Waals surface area (Å²) in [6.45, 7) is 0. The van der Waals surface area contributed by atoms with Crippen molar-refractivity contribution in [3.8, 4) is 0 Å². The quantitative estimate of drug-likeness (QED) is 0.516. The Bertz CT molecular complexity index is 806. The zero-order valence-electron chi connectivity index (χ0n) is 13.5. The average Bonchev–Trinajstić information content (AvgIpc) is 2.70. The molecule has 1 heterocycles. The van der Waals surface area contributed by atoms with Gasteiger partial charge in [0.15, 0.2) is 0 Å². The highest BCUT2D eigenvalue weighted by Crippen LogP contribution is 2.50. The van der Waals surface area contributed by atoms with E-state index < -0.39 is 0 Å². The van der Waals surface area contributed by atoms with Gasteiger partial charge in [0.25, 0.3) is 0 Å². The Balaban J connectivity index is 1.73. The number of allylic oxidation sites excluding steroid dienone is 1. The third-order valence-electron chi connectivity index (χ3n) is 4.55. The summed E-state index contributed by atoms with van der Waals surface area (Å²) >= 11 is 2.00. The molecule has 4 rings (SSSR count). The van der Waals surface area contributed by atoms with Crippen LogP contribution in [0.1, 0.15) is 34.3 Å². The lowest BCUT2D eigenvalue weighted by Gasteiger charge is -2.29. The van der Waals surface area contributed by atoms with Gasteiger partial charge in [0.2, 0.25) is 0 Å². The van der Waals surface area contributed by atoms with E-state index in [1.54, 1.807) is 0 Å². The molecule has 0 bridgehead atoms. The minimum absolute atomic E-state index is 0.466. The van der Waals surface area contributed by atoms with Crippen molar-refractivity contribution >= 4 is 16.7 Å². The van der Waals surface area contributed by atoms with E-state index in [0.29, 0.717) is 11.2 Å². The standard InChI is InChI=1S/C23H20S/c1-4-10-18(11-5-1)21-16-22(19-12-6-2-7-13-19)24-23(17-21)20-14-8-3-9-15-20/h1-16,21,23H,17H2/t21-,23-/m0/s1. The van der Waals surface area contributed by atoms with Gasteiger partial charge in [0.1, 0.15) is 0 Å². The highest BCUT2D eigenvalue weighted by Gasteiger charge is 2.25. The van der Waals surface area contributed by atoms with E-state index in [1.165, 1.54) is 21.6 Å². The molecule has 24 heavy (non-hydrogen) atoms. The summed E-state index contributed by atoms with van der Waals surface area (Å²) in [6.07, 6.45) is 3.60. The molecule has 3 aromatic rings. The highest BCUT2D eigenvalue weighted by atomic mass is 32.2. The monoisotopic (exact) mass is 328 g/mol. The number of thioether (sulfide) groups is 1. The molecular weight excluding hydrogens is 308 g/mol. The molecule has 2 atom stereocenters. The molecule has 0 amide bonds. The number of hydrogen-bond acceptors (Lipinski definition) is 1. The third kappa shape index (κ3) is 3.32. The Labute approximate surface area is 148 Å². The van der Waals surface area contributed by atoms with E-state index in [4.69, 9.17) is 0 Å². The molecule has 0 radical (unpaired) electrons. The van der Waals surface area contributed by atoms with Crippen LogP contribution in [0, 0.1) is 0 Å². The molecule has 1 heteroatoms. The van der Waals surface area contributed by atoms with Crippen molar-refractivity contribution in [2.24, 2.45) is 0 Å². The van der Waals surface area contributed by atoms with Gasteiger partial charge in [-0.05, 0) is 23.1 Å². The molecule has 0 aromatic heterocycles. The Morgan fingerprint density at radius 2 is 1.17 bits per heavy atom. The fourth-order valence-electron chi connectivity index (χ4n) is 3.29. The van der Waals surface area contributed by atoms with Crippen LogP contribution in [-0.2, 0) is 0 Å². The van der Waals surface area contributed by atoms with Crippen LogP contribution in [0.5, 0.6) is 0 Å². The van der Waals surface area contributed by atoms with Gasteiger partial charge in [-0.2, -0.15) is 0 Å². The van der Waals surface area contributed by atoms with E-state index >= 15 is 0 Å². The second-order valence-electron chi connectivity index (χ2n) is 6.17. The van der Waals surface area contributed by atoms with Gasteiger partial charge in [0.05, 0.1) is 0 Å². The lowest BCUT2D eigenvalue weighted by atomic mass is 9.90. The van der Waals surface area contributed by atoms with Crippen molar-refractivity contribution in [2.45, 2.75) is 17.6 Å². The van der Waals surface area contributed by atoms with Crippen molar-refractivity contribution in [1.29, 1.82) is 0 Å². The Kier molecular flexibility index (Phi) is 4.53. The normalized spacial score (nSPS) is 20.4. The molecule has 0 fully saturated rings. The zero-order valence-corrected chi connectivity index (χ0v) is 14.3. The summed E-state index contributed by atoms with van der Waals surface area (Å²) in [5.74, 6) is 0.466. The first-order valence-corrected chi connectivity index (χ1v) is 9.32. The first-order chi connectivity index (χ1) is 11.9. The van der Waals surface area contributed by atoms with Crippen molar-refractivity contribution < 1.29 is 0 Å². The number of hydrogen-bond donors (Lipinski definition) is 0. The predicted molar refractivity (Wildman–Crippen MR) is 105 cm³/mol. The summed E-state index contributed by atoms with van der Waals surface area (Å²) in [5, 5.41) is 0.497. The maximum Gasteiger partial charge on any atom is 0.0353 e. The van der Waals surface area contributed by atoms with E-state index in [-0.39, 0.29) is 0 Å². The first kappa shape index (κ1) is 15.3. The second kappa shape index (κ2) is 7.11. The van der Waals surface area contributed by atoms with Crippen LogP contribution < -0.4 is 0 Å². The van der Waals surface area contributed by atoms with Gasteiger partial charge in [-0.25, -0.2) is 0 Å². The summed E-state index contributed by atoms with van der Waals surface area (Å²) in [7, 11) is 0. The van der Waals surface area contributed by atoms with Crippen LogP contribution in [0.25, 0.3) is 4.91 Å². The molecule has 3 aromatic carbocycles. The van der Waals surface area contributed by atoms with Crippen LogP contribution in [-0.4, -0.2) is 0 Å². The van der Waals surface area contributed by atoms with E-state index in [1.807, 2.05) is 11.8 Å². The topological polar surface area (TPSA) is 0 Å². The van der Waals surface area contributed by atoms with Crippen molar-refractivity contribution in [3.63, 3.8) is 0 Å². The number of rotatable bonds is 3. The summed E-state index contributed by atoms with van der Waals surface area (Å²) in [5.41, 5.74) is 4.15. The lowest BCUT2D eigenvalue weighted by Crippen LogP contribution is -2.08. The molecule has 1 aliphatic rings. The largest absolute Gasteiger partial charge is 0.118 e. The molecule has 0 spiro atoms. The van der Waals surface area contributed by atoms with Crippen LogP contribution in [0.4, 0.5) is 0 Å². The third-order valence-corrected chi connectivity index (χ3v) is 5.92. The summed E-state index contributed by atoms with van der Waals surface area (Å²) in [6, 6.07) is 32.6. The minimum atomic E-state index is 0.466. The molecule has 0 saturated carbocycles. The fraction of sp³-hybridized carbons (Fsp3) is 0.130. The van der Waals surface area contributed by atoms with E-state index in [9.17, 15) is 0 Å². The van der Waals surface area contributed by atoms with Gasteiger partial charge in [-0.15, -0.1) is 11.8 Å². The van der Waals surface area contributed by atoms with Crippen molar-refractivity contribution in [2.75, 3.05) is 0 Å². The predicted octanol–water partition coefficient (Wildman–Crippen LogP) is 6.69. The molecule has 0 saturated heterocycles. The molecule has 0 unspecified atom stereocenters. The molecule has 0 N–H and O–H groups in total. The molecule has 0 nitrogen and oxygen atoms in total. The van der Waals surface area contributed by atoms with Gasteiger partial charge >= 0.3 is 0 Å². The highest BCUT2D eigenvalue weighted by molar-refractivity contribution is 8.08. The first-order valence-electron chi connectivity index (χ1n) is 8.44. The van der Waals surface area contributed by atoms with Crippen molar-refractivity contribution in [3.05, 3.63) is 114 Å². The smallest absolute Gasteiger partial charge is 0.0353 e. The summed E-state index contributed by atoms with van der Waals surface area (Å²) in [4.78, 5) is 1.39. The van der Waals surface area contributed by atoms with Gasteiger partial charge in [0, 0.05) is 16.1 Å². The summed E-state index contributed by atoms with van der Waals surface area (Å²) < 4.78 is 0. The molecule has 0 aliphatic carbocycles.